The lowest BCUT2D eigenvalue weighted by Gasteiger charge is -2.12. The first-order chi connectivity index (χ1) is 10.9. The second-order valence-corrected chi connectivity index (χ2v) is 7.64. The van der Waals surface area contributed by atoms with Gasteiger partial charge in [-0.25, -0.2) is 8.78 Å². The fraction of sp³-hybridized carbons (Fsp3) is 0.200. The van der Waals surface area contributed by atoms with Crippen LogP contribution in [-0.4, -0.2) is 13.2 Å². The number of hydrogen-bond acceptors (Lipinski definition) is 2. The molecule has 2 nitrogen and oxygen atoms in total. The summed E-state index contributed by atoms with van der Waals surface area (Å²) in [6.07, 6.45) is 0.469. The highest BCUT2D eigenvalue weighted by atomic mass is 127. The van der Waals surface area contributed by atoms with Gasteiger partial charge in [0, 0.05) is 16.5 Å². The zero-order chi connectivity index (χ0) is 17.0. The van der Waals surface area contributed by atoms with Crippen molar-refractivity contribution in [2.75, 3.05) is 13.2 Å². The van der Waals surface area contributed by atoms with Crippen LogP contribution in [0.4, 0.5) is 8.78 Å². The predicted octanol–water partition coefficient (Wildman–Crippen LogP) is 6.33. The van der Waals surface area contributed by atoms with Crippen molar-refractivity contribution >= 4 is 68.4 Å². The van der Waals surface area contributed by atoms with Crippen LogP contribution in [0.5, 0.6) is 11.5 Å². The van der Waals surface area contributed by atoms with Crippen molar-refractivity contribution in [2.45, 2.75) is 6.42 Å². The van der Waals surface area contributed by atoms with E-state index in [1.165, 1.54) is 12.1 Å². The molecule has 0 radical (unpaired) electrons. The van der Waals surface area contributed by atoms with Gasteiger partial charge in [-0.15, -0.1) is 0 Å². The Hall–Kier alpha value is -0.0600. The van der Waals surface area contributed by atoms with Gasteiger partial charge >= 0.3 is 0 Å². The van der Waals surface area contributed by atoms with Gasteiger partial charge in [0.2, 0.25) is 0 Å². The molecule has 2 rings (SSSR count). The monoisotopic (exact) mass is 584 g/mol. The largest absolute Gasteiger partial charge is 0.489 e. The summed E-state index contributed by atoms with van der Waals surface area (Å²) in [5.41, 5.74) is 0. The van der Waals surface area contributed by atoms with Gasteiger partial charge in [0.05, 0.1) is 20.4 Å². The second-order valence-electron chi connectivity index (χ2n) is 4.45. The van der Waals surface area contributed by atoms with Gasteiger partial charge in [-0.2, -0.15) is 0 Å². The molecular formula is C15H10Cl2F2I2O2. The molecule has 0 bridgehead atoms. The lowest BCUT2D eigenvalue weighted by atomic mass is 10.3. The van der Waals surface area contributed by atoms with E-state index >= 15 is 0 Å². The van der Waals surface area contributed by atoms with E-state index in [0.29, 0.717) is 23.6 Å². The van der Waals surface area contributed by atoms with E-state index in [0.717, 1.165) is 0 Å². The van der Waals surface area contributed by atoms with Crippen molar-refractivity contribution in [1.29, 1.82) is 0 Å². The van der Waals surface area contributed by atoms with Crippen LogP contribution in [0.3, 0.4) is 0 Å². The summed E-state index contributed by atoms with van der Waals surface area (Å²) in [5, 5.41) is 0.630. The topological polar surface area (TPSA) is 18.5 Å². The molecule has 0 atom stereocenters. The third-order valence-electron chi connectivity index (χ3n) is 2.71. The highest BCUT2D eigenvalue weighted by molar-refractivity contribution is 14.1. The van der Waals surface area contributed by atoms with Crippen molar-refractivity contribution < 1.29 is 18.3 Å². The van der Waals surface area contributed by atoms with E-state index in [4.69, 9.17) is 32.7 Å². The van der Waals surface area contributed by atoms with E-state index in [-0.39, 0.29) is 24.7 Å². The average molecular weight is 585 g/mol. The molecule has 0 saturated carbocycles. The fourth-order valence-electron chi connectivity index (χ4n) is 1.74. The third-order valence-corrected chi connectivity index (χ3v) is 4.75. The van der Waals surface area contributed by atoms with E-state index in [9.17, 15) is 8.78 Å². The van der Waals surface area contributed by atoms with Crippen molar-refractivity contribution in [3.8, 4) is 11.5 Å². The van der Waals surface area contributed by atoms with Gasteiger partial charge in [-0.05, 0) is 69.4 Å². The van der Waals surface area contributed by atoms with Crippen LogP contribution in [0.2, 0.25) is 10.0 Å². The standard InChI is InChI=1S/C15H10Cl2F2I2O2/c16-8-4-10(18)14(12(20)6-8)22-2-1-3-23-15-11(19)5-9(17)7-13(15)21/h4-7H,1-3H2. The van der Waals surface area contributed by atoms with Gasteiger partial charge in [-0.3, -0.25) is 0 Å². The molecule has 2 aromatic rings. The maximum Gasteiger partial charge on any atom is 0.168 e. The van der Waals surface area contributed by atoms with Crippen molar-refractivity contribution in [3.63, 3.8) is 0 Å². The van der Waals surface area contributed by atoms with Crippen LogP contribution in [0.1, 0.15) is 6.42 Å². The Balaban J connectivity index is 1.85. The van der Waals surface area contributed by atoms with Gasteiger partial charge in [0.25, 0.3) is 0 Å². The maximum atomic E-state index is 13.7. The molecule has 0 fully saturated rings. The molecule has 0 amide bonds. The smallest absolute Gasteiger partial charge is 0.168 e. The zero-order valence-corrected chi connectivity index (χ0v) is 17.3. The lowest BCUT2D eigenvalue weighted by Crippen LogP contribution is -2.08. The Kier molecular flexibility index (Phi) is 7.43. The molecule has 0 saturated heterocycles. The Morgan fingerprint density at radius 2 is 1.17 bits per heavy atom. The van der Waals surface area contributed by atoms with Gasteiger partial charge in [0.15, 0.2) is 23.1 Å². The van der Waals surface area contributed by atoms with E-state index in [1.54, 1.807) is 12.1 Å². The summed E-state index contributed by atoms with van der Waals surface area (Å²) in [6.45, 7) is 0.473. The minimum absolute atomic E-state index is 0.155. The van der Waals surface area contributed by atoms with Crippen LogP contribution >= 0.6 is 68.4 Å². The van der Waals surface area contributed by atoms with Crippen LogP contribution in [0.15, 0.2) is 24.3 Å². The third kappa shape index (κ3) is 5.47. The van der Waals surface area contributed by atoms with Crippen LogP contribution in [0, 0.1) is 18.8 Å². The molecule has 2 aromatic carbocycles. The van der Waals surface area contributed by atoms with Crippen LogP contribution in [0.25, 0.3) is 0 Å². The SMILES string of the molecule is Fc1cc(Cl)cc(I)c1OCCCOc1c(F)cc(Cl)cc1I. The molecule has 0 heterocycles. The minimum Gasteiger partial charge on any atom is -0.489 e. The summed E-state index contributed by atoms with van der Waals surface area (Å²) in [5.74, 6) is -0.716. The molecule has 0 aliphatic heterocycles. The molecule has 23 heavy (non-hydrogen) atoms. The maximum absolute atomic E-state index is 13.7. The summed E-state index contributed by atoms with van der Waals surface area (Å²) in [6, 6.07) is 5.62. The van der Waals surface area contributed by atoms with Gasteiger partial charge < -0.3 is 9.47 Å². The number of benzene rings is 2. The summed E-state index contributed by atoms with van der Waals surface area (Å²) >= 11 is 15.4. The van der Waals surface area contributed by atoms with Crippen molar-refractivity contribution in [2.24, 2.45) is 0 Å². The first kappa shape index (κ1) is 19.3. The molecule has 0 aliphatic rings. The Labute approximate surface area is 169 Å². The quantitative estimate of drug-likeness (QED) is 0.292. The van der Waals surface area contributed by atoms with Gasteiger partial charge in [-0.1, -0.05) is 23.2 Å². The zero-order valence-electron chi connectivity index (χ0n) is 11.5. The minimum atomic E-state index is -0.513. The summed E-state index contributed by atoms with van der Waals surface area (Å²) < 4.78 is 39.4. The molecule has 124 valence electrons. The molecule has 0 aliphatic carbocycles. The Bertz CT molecular complexity index is 608. The highest BCUT2D eigenvalue weighted by Gasteiger charge is 2.12. The number of ether oxygens (including phenoxy) is 2. The van der Waals surface area contributed by atoms with E-state index in [1.807, 2.05) is 45.2 Å². The van der Waals surface area contributed by atoms with Crippen LogP contribution in [-0.2, 0) is 0 Å². The van der Waals surface area contributed by atoms with E-state index < -0.39 is 11.6 Å². The van der Waals surface area contributed by atoms with Crippen molar-refractivity contribution in [1.82, 2.24) is 0 Å². The number of rotatable bonds is 6. The normalized spacial score (nSPS) is 10.7. The first-order valence-electron chi connectivity index (χ1n) is 6.43. The summed E-state index contributed by atoms with van der Waals surface area (Å²) in [7, 11) is 0. The molecule has 0 spiro atoms. The Morgan fingerprint density at radius 1 is 0.783 bits per heavy atom. The molecule has 0 N–H and O–H groups in total. The van der Waals surface area contributed by atoms with E-state index in [2.05, 4.69) is 0 Å². The summed E-state index contributed by atoms with van der Waals surface area (Å²) in [4.78, 5) is 0. The fourth-order valence-corrected chi connectivity index (χ4v) is 4.02. The van der Waals surface area contributed by atoms with Crippen molar-refractivity contribution in [3.05, 3.63) is 53.1 Å². The molecule has 0 aromatic heterocycles. The average Bonchev–Trinajstić information content (AvgIpc) is 2.42. The van der Waals surface area contributed by atoms with Crippen LogP contribution < -0.4 is 9.47 Å². The molecule has 0 unspecified atom stereocenters. The first-order valence-corrected chi connectivity index (χ1v) is 9.34. The Morgan fingerprint density at radius 3 is 1.52 bits per heavy atom. The second kappa shape index (κ2) is 8.87. The van der Waals surface area contributed by atoms with Gasteiger partial charge in [0.1, 0.15) is 0 Å². The highest BCUT2D eigenvalue weighted by Crippen LogP contribution is 2.29. The predicted molar refractivity (Wildman–Crippen MR) is 104 cm³/mol. The lowest BCUT2D eigenvalue weighted by molar-refractivity contribution is 0.234. The molecule has 8 heteroatoms. The molecular weight excluding hydrogens is 575 g/mol. The number of hydrogen-bond donors (Lipinski definition) is 0. The number of halogens is 6.